The normalized spacial score (nSPS) is 16.3. The lowest BCUT2D eigenvalue weighted by atomic mass is 10.2. The monoisotopic (exact) mass is 496 g/mol. The van der Waals surface area contributed by atoms with Crippen LogP contribution in [0.15, 0.2) is 46.2 Å². The number of amidine groups is 1. The molecule has 168 valence electrons. The van der Waals surface area contributed by atoms with Crippen molar-refractivity contribution in [2.24, 2.45) is 10.7 Å². The molecular formula is C21H19Cl2FN4O3S. The number of H-pyrrole nitrogens is 1. The third-order valence-electron chi connectivity index (χ3n) is 4.75. The molecule has 0 aliphatic carbocycles. The van der Waals surface area contributed by atoms with Crippen molar-refractivity contribution in [3.8, 4) is 11.5 Å². The number of nitrogens with zero attached hydrogens (tertiary/aromatic N) is 1. The molecule has 4 N–H and O–H groups in total. The van der Waals surface area contributed by atoms with Crippen LogP contribution in [0.5, 0.6) is 11.5 Å². The number of aromatic amines is 1. The number of hydrogen-bond donors (Lipinski definition) is 3. The fourth-order valence-electron chi connectivity index (χ4n) is 3.16. The number of rotatable bonds is 7. The molecule has 1 aliphatic heterocycles. The Kier molecular flexibility index (Phi) is 7.00. The minimum atomic E-state index is -0.629. The summed E-state index contributed by atoms with van der Waals surface area (Å²) in [7, 11) is 0. The molecule has 32 heavy (non-hydrogen) atoms. The number of hydrogen-bond acceptors (Lipinski definition) is 6. The molecule has 1 aromatic heterocycles. The van der Waals surface area contributed by atoms with Crippen molar-refractivity contribution in [2.45, 2.75) is 18.9 Å². The zero-order valence-corrected chi connectivity index (χ0v) is 19.0. The van der Waals surface area contributed by atoms with Gasteiger partial charge >= 0.3 is 0 Å². The first-order valence-electron chi connectivity index (χ1n) is 9.73. The van der Waals surface area contributed by atoms with Gasteiger partial charge in [-0.15, -0.1) is 0 Å². The van der Waals surface area contributed by atoms with Crippen LogP contribution in [-0.4, -0.2) is 29.5 Å². The Morgan fingerprint density at radius 3 is 2.91 bits per heavy atom. The van der Waals surface area contributed by atoms with Crippen LogP contribution < -0.4 is 21.3 Å². The van der Waals surface area contributed by atoms with Gasteiger partial charge in [0, 0.05) is 29.4 Å². The maximum Gasteiger partial charge on any atom is 0.271 e. The maximum atomic E-state index is 14.7. The van der Waals surface area contributed by atoms with Crippen LogP contribution in [0.4, 0.5) is 15.1 Å². The zero-order valence-electron chi connectivity index (χ0n) is 16.7. The lowest BCUT2D eigenvalue weighted by Crippen LogP contribution is -2.24. The Bertz CT molecular complexity index is 1210. The minimum absolute atomic E-state index is 0.0114. The van der Waals surface area contributed by atoms with E-state index in [0.717, 1.165) is 24.4 Å². The molecule has 3 aromatic rings. The van der Waals surface area contributed by atoms with Gasteiger partial charge < -0.3 is 20.5 Å². The summed E-state index contributed by atoms with van der Waals surface area (Å²) < 4.78 is 28.4. The van der Waals surface area contributed by atoms with Crippen LogP contribution in [0.3, 0.4) is 0 Å². The Morgan fingerprint density at radius 2 is 2.16 bits per heavy atom. The van der Waals surface area contributed by atoms with Crippen LogP contribution in [0.25, 0.3) is 0 Å². The van der Waals surface area contributed by atoms with Crippen LogP contribution in [0, 0.1) is 5.82 Å². The highest BCUT2D eigenvalue weighted by Gasteiger charge is 2.18. The SMILES string of the molecule is NC(=NCC1CCCO1)c1c(Nc2ccc(Oc3cc(Cl)ccc3Cl)c(F)c2)s[nH]c1=O. The van der Waals surface area contributed by atoms with E-state index in [1.54, 1.807) is 18.2 Å². The Labute approximate surface area is 197 Å². The van der Waals surface area contributed by atoms with E-state index in [1.807, 2.05) is 0 Å². The highest BCUT2D eigenvalue weighted by Crippen LogP contribution is 2.34. The van der Waals surface area contributed by atoms with Gasteiger partial charge in [0.2, 0.25) is 0 Å². The van der Waals surface area contributed by atoms with E-state index in [-0.39, 0.29) is 34.6 Å². The lowest BCUT2D eigenvalue weighted by molar-refractivity contribution is 0.118. The summed E-state index contributed by atoms with van der Waals surface area (Å²) >= 11 is 13.1. The van der Waals surface area contributed by atoms with Gasteiger partial charge in [-0.1, -0.05) is 23.2 Å². The van der Waals surface area contributed by atoms with Gasteiger partial charge in [0.05, 0.1) is 17.7 Å². The van der Waals surface area contributed by atoms with Gasteiger partial charge in [-0.25, -0.2) is 4.39 Å². The van der Waals surface area contributed by atoms with Crippen molar-refractivity contribution in [3.05, 3.63) is 68.2 Å². The van der Waals surface area contributed by atoms with Crippen molar-refractivity contribution in [3.63, 3.8) is 0 Å². The average Bonchev–Trinajstić information content (AvgIpc) is 3.41. The number of halogens is 3. The van der Waals surface area contributed by atoms with Gasteiger partial charge in [-0.2, -0.15) is 0 Å². The molecule has 1 atom stereocenters. The molecule has 7 nitrogen and oxygen atoms in total. The largest absolute Gasteiger partial charge is 0.453 e. The smallest absolute Gasteiger partial charge is 0.271 e. The number of nitrogens with two attached hydrogens (primary N) is 1. The van der Waals surface area contributed by atoms with Crippen LogP contribution in [-0.2, 0) is 4.74 Å². The highest BCUT2D eigenvalue weighted by atomic mass is 35.5. The second-order valence-corrected chi connectivity index (χ2v) is 8.71. The summed E-state index contributed by atoms with van der Waals surface area (Å²) in [6.45, 7) is 1.09. The molecule has 2 aromatic carbocycles. The van der Waals surface area contributed by atoms with Crippen molar-refractivity contribution in [1.82, 2.24) is 4.37 Å². The number of aliphatic imine (C=N–C) groups is 1. The first kappa shape index (κ1) is 22.6. The van der Waals surface area contributed by atoms with Crippen LogP contribution in [0.1, 0.15) is 18.4 Å². The van der Waals surface area contributed by atoms with Crippen LogP contribution >= 0.6 is 34.7 Å². The molecule has 4 rings (SSSR count). The number of aromatic nitrogens is 1. The summed E-state index contributed by atoms with van der Waals surface area (Å²) in [5.41, 5.74) is 6.30. The number of nitrogens with one attached hydrogen (secondary N) is 2. The van der Waals surface area contributed by atoms with E-state index in [0.29, 0.717) is 33.9 Å². The van der Waals surface area contributed by atoms with Crippen molar-refractivity contribution in [1.29, 1.82) is 0 Å². The molecule has 0 spiro atoms. The molecule has 0 saturated carbocycles. The Hall–Kier alpha value is -2.59. The molecule has 0 amide bonds. The summed E-state index contributed by atoms with van der Waals surface area (Å²) in [5, 5.41) is 4.15. The first-order valence-corrected chi connectivity index (χ1v) is 11.3. The second kappa shape index (κ2) is 9.91. The summed E-state index contributed by atoms with van der Waals surface area (Å²) in [6, 6.07) is 8.95. The third-order valence-corrected chi connectivity index (χ3v) is 6.09. The van der Waals surface area contributed by atoms with Crippen molar-refractivity contribution < 1.29 is 13.9 Å². The van der Waals surface area contributed by atoms with E-state index in [1.165, 1.54) is 18.2 Å². The minimum Gasteiger partial charge on any atom is -0.453 e. The van der Waals surface area contributed by atoms with E-state index >= 15 is 0 Å². The predicted octanol–water partition coefficient (Wildman–Crippen LogP) is 5.30. The summed E-state index contributed by atoms with van der Waals surface area (Å²) in [4.78, 5) is 16.6. The fraction of sp³-hybridized carbons (Fsp3) is 0.238. The zero-order chi connectivity index (χ0) is 22.7. The molecular weight excluding hydrogens is 478 g/mol. The molecule has 0 radical (unpaired) electrons. The topological polar surface area (TPSA) is 102 Å². The summed E-state index contributed by atoms with van der Waals surface area (Å²) in [5.74, 6) is -0.322. The van der Waals surface area contributed by atoms with Gasteiger partial charge in [-0.05, 0) is 48.6 Å². The van der Waals surface area contributed by atoms with Crippen LogP contribution in [0.2, 0.25) is 10.0 Å². The van der Waals surface area contributed by atoms with Gasteiger partial charge in [0.25, 0.3) is 5.56 Å². The van der Waals surface area contributed by atoms with E-state index in [9.17, 15) is 9.18 Å². The number of anilines is 2. The van der Waals surface area contributed by atoms with E-state index in [2.05, 4.69) is 14.7 Å². The third kappa shape index (κ3) is 5.24. The van der Waals surface area contributed by atoms with E-state index < -0.39 is 5.82 Å². The number of benzene rings is 2. The summed E-state index contributed by atoms with van der Waals surface area (Å²) in [6.07, 6.45) is 1.91. The molecule has 11 heteroatoms. The standard InChI is InChI=1S/C21H19Cl2FN4O3S/c22-11-3-5-14(23)17(8-11)31-16-6-4-12(9-15(16)24)27-21-18(20(29)28-32-21)19(25)26-10-13-2-1-7-30-13/h3-6,8-9,13,27H,1-2,7,10H2,(H2,25,26)(H,28,29). The van der Waals surface area contributed by atoms with Gasteiger partial charge in [-0.3, -0.25) is 14.2 Å². The van der Waals surface area contributed by atoms with Gasteiger partial charge in [0.1, 0.15) is 22.1 Å². The Balaban J connectivity index is 1.51. The molecule has 1 aliphatic rings. The number of ether oxygens (including phenoxy) is 2. The average molecular weight is 497 g/mol. The molecule has 1 unspecified atom stereocenters. The first-order chi connectivity index (χ1) is 15.4. The Morgan fingerprint density at radius 1 is 1.31 bits per heavy atom. The lowest BCUT2D eigenvalue weighted by Gasteiger charge is -2.11. The van der Waals surface area contributed by atoms with Crippen molar-refractivity contribution >= 4 is 51.3 Å². The molecule has 1 fully saturated rings. The van der Waals surface area contributed by atoms with Gasteiger partial charge in [0.15, 0.2) is 11.6 Å². The molecule has 1 saturated heterocycles. The molecule has 0 bridgehead atoms. The highest BCUT2D eigenvalue weighted by molar-refractivity contribution is 7.10. The second-order valence-electron chi connectivity index (χ2n) is 7.05. The predicted molar refractivity (Wildman–Crippen MR) is 126 cm³/mol. The quantitative estimate of drug-likeness (QED) is 0.304. The fourth-order valence-corrected chi connectivity index (χ4v) is 4.24. The van der Waals surface area contributed by atoms with E-state index in [4.69, 9.17) is 38.4 Å². The molecule has 2 heterocycles. The van der Waals surface area contributed by atoms with Crippen molar-refractivity contribution in [2.75, 3.05) is 18.5 Å². The maximum absolute atomic E-state index is 14.7.